The summed E-state index contributed by atoms with van der Waals surface area (Å²) in [7, 11) is 0. The fourth-order valence-electron chi connectivity index (χ4n) is 0.883. The van der Waals surface area contributed by atoms with Crippen molar-refractivity contribution in [3.8, 4) is 0 Å². The fourth-order valence-corrected chi connectivity index (χ4v) is 0.883. The van der Waals surface area contributed by atoms with Gasteiger partial charge in [-0.3, -0.25) is 9.59 Å². The SMILES string of the molecule is CC(C)C(=O)CCC(=O)OCC(C)(C)C. The van der Waals surface area contributed by atoms with Gasteiger partial charge in [-0.1, -0.05) is 34.6 Å². The van der Waals surface area contributed by atoms with Crippen molar-refractivity contribution in [1.29, 1.82) is 0 Å². The quantitative estimate of drug-likeness (QED) is 0.661. The maximum Gasteiger partial charge on any atom is 0.306 e. The van der Waals surface area contributed by atoms with Crippen molar-refractivity contribution in [3.05, 3.63) is 0 Å². The zero-order valence-electron chi connectivity index (χ0n) is 10.4. The molecule has 0 N–H and O–H groups in total. The van der Waals surface area contributed by atoms with Crippen LogP contribution in [0, 0.1) is 11.3 Å². The first kappa shape index (κ1) is 14.1. The molecule has 0 saturated carbocycles. The highest BCUT2D eigenvalue weighted by Crippen LogP contribution is 2.13. The van der Waals surface area contributed by atoms with Gasteiger partial charge in [0.2, 0.25) is 0 Å². The Kier molecular flexibility index (Phi) is 5.55. The van der Waals surface area contributed by atoms with Crippen molar-refractivity contribution in [2.45, 2.75) is 47.5 Å². The van der Waals surface area contributed by atoms with Crippen LogP contribution < -0.4 is 0 Å². The minimum atomic E-state index is -0.279. The van der Waals surface area contributed by atoms with Gasteiger partial charge >= 0.3 is 5.97 Å². The molecule has 0 saturated heterocycles. The van der Waals surface area contributed by atoms with Gasteiger partial charge in [0.1, 0.15) is 5.78 Å². The van der Waals surface area contributed by atoms with Crippen molar-refractivity contribution in [1.82, 2.24) is 0 Å². The number of hydrogen-bond donors (Lipinski definition) is 0. The van der Waals surface area contributed by atoms with Gasteiger partial charge in [-0.25, -0.2) is 0 Å². The smallest absolute Gasteiger partial charge is 0.306 e. The van der Waals surface area contributed by atoms with E-state index in [9.17, 15) is 9.59 Å². The Morgan fingerprint density at radius 1 is 1.13 bits per heavy atom. The molecule has 0 aliphatic rings. The highest BCUT2D eigenvalue weighted by atomic mass is 16.5. The largest absolute Gasteiger partial charge is 0.465 e. The van der Waals surface area contributed by atoms with Crippen LogP contribution in [0.3, 0.4) is 0 Å². The second kappa shape index (κ2) is 5.89. The normalized spacial score (nSPS) is 11.6. The maximum atomic E-state index is 11.2. The summed E-state index contributed by atoms with van der Waals surface area (Å²) in [6.45, 7) is 10.1. The molecule has 0 aromatic rings. The topological polar surface area (TPSA) is 43.4 Å². The molecule has 0 fully saturated rings. The van der Waals surface area contributed by atoms with Crippen LogP contribution in [0.5, 0.6) is 0 Å². The van der Waals surface area contributed by atoms with Crippen LogP contribution in [0.15, 0.2) is 0 Å². The first-order valence-corrected chi connectivity index (χ1v) is 5.41. The molecule has 0 aromatic heterocycles. The van der Waals surface area contributed by atoms with E-state index in [4.69, 9.17) is 4.74 Å². The molecule has 3 heteroatoms. The number of rotatable bonds is 5. The zero-order valence-corrected chi connectivity index (χ0v) is 10.4. The third kappa shape index (κ3) is 8.16. The molecule has 88 valence electrons. The molecule has 0 aliphatic carbocycles. The van der Waals surface area contributed by atoms with Crippen LogP contribution in [0.1, 0.15) is 47.5 Å². The summed E-state index contributed by atoms with van der Waals surface area (Å²) in [5, 5.41) is 0. The third-order valence-electron chi connectivity index (χ3n) is 1.89. The summed E-state index contributed by atoms with van der Waals surface area (Å²) in [4.78, 5) is 22.5. The van der Waals surface area contributed by atoms with E-state index in [0.29, 0.717) is 13.0 Å². The highest BCUT2D eigenvalue weighted by molar-refractivity contribution is 5.84. The van der Waals surface area contributed by atoms with E-state index in [2.05, 4.69) is 0 Å². The minimum Gasteiger partial charge on any atom is -0.465 e. The van der Waals surface area contributed by atoms with E-state index in [-0.39, 0.29) is 29.5 Å². The van der Waals surface area contributed by atoms with Crippen molar-refractivity contribution >= 4 is 11.8 Å². The number of carbonyl (C=O) groups excluding carboxylic acids is 2. The van der Waals surface area contributed by atoms with Crippen molar-refractivity contribution in [2.24, 2.45) is 11.3 Å². The standard InChI is InChI=1S/C12H22O3/c1-9(2)10(13)6-7-11(14)15-8-12(3,4)5/h9H,6-8H2,1-5H3. The monoisotopic (exact) mass is 214 g/mol. The highest BCUT2D eigenvalue weighted by Gasteiger charge is 2.15. The Bertz CT molecular complexity index is 224. The van der Waals surface area contributed by atoms with Crippen molar-refractivity contribution in [3.63, 3.8) is 0 Å². The molecular weight excluding hydrogens is 192 g/mol. The average molecular weight is 214 g/mol. The molecular formula is C12H22O3. The van der Waals surface area contributed by atoms with Crippen LogP contribution in [0.25, 0.3) is 0 Å². The number of Topliss-reactive ketones (excluding diaryl/α,β-unsaturated/α-hetero) is 1. The molecule has 0 bridgehead atoms. The van der Waals surface area contributed by atoms with Crippen molar-refractivity contribution in [2.75, 3.05) is 6.61 Å². The van der Waals surface area contributed by atoms with Crippen LogP contribution in [0.2, 0.25) is 0 Å². The lowest BCUT2D eigenvalue weighted by Gasteiger charge is -2.17. The summed E-state index contributed by atoms with van der Waals surface area (Å²) in [6, 6.07) is 0. The second-order valence-corrected chi connectivity index (χ2v) is 5.34. The summed E-state index contributed by atoms with van der Waals surface area (Å²) < 4.78 is 5.05. The molecule has 0 amide bonds. The predicted molar refractivity (Wildman–Crippen MR) is 59.5 cm³/mol. The fraction of sp³-hybridized carbons (Fsp3) is 0.833. The minimum absolute atomic E-state index is 0.000385. The van der Waals surface area contributed by atoms with Gasteiger partial charge in [0, 0.05) is 12.3 Å². The molecule has 15 heavy (non-hydrogen) atoms. The van der Waals surface area contributed by atoms with E-state index in [1.165, 1.54) is 0 Å². The number of hydrogen-bond acceptors (Lipinski definition) is 3. The molecule has 0 aromatic carbocycles. The predicted octanol–water partition coefficient (Wildman–Crippen LogP) is 2.58. The number of ketones is 1. The lowest BCUT2D eigenvalue weighted by atomic mass is 9.99. The molecule has 0 heterocycles. The molecule has 0 aliphatic heterocycles. The lowest BCUT2D eigenvalue weighted by molar-refractivity contribution is -0.147. The van der Waals surface area contributed by atoms with Gasteiger partial charge in [0.05, 0.1) is 13.0 Å². The Hall–Kier alpha value is -0.860. The molecule has 0 radical (unpaired) electrons. The summed E-state index contributed by atoms with van der Waals surface area (Å²) >= 11 is 0. The molecule has 0 spiro atoms. The first-order valence-electron chi connectivity index (χ1n) is 5.41. The van der Waals surface area contributed by atoms with E-state index in [1.54, 1.807) is 0 Å². The third-order valence-corrected chi connectivity index (χ3v) is 1.89. The van der Waals surface area contributed by atoms with Crippen LogP contribution in [-0.4, -0.2) is 18.4 Å². The summed E-state index contributed by atoms with van der Waals surface area (Å²) in [5.74, 6) is -0.165. The Morgan fingerprint density at radius 3 is 2.07 bits per heavy atom. The average Bonchev–Trinajstić information content (AvgIpc) is 2.09. The van der Waals surface area contributed by atoms with Gasteiger partial charge in [0.25, 0.3) is 0 Å². The Labute approximate surface area is 92.2 Å². The van der Waals surface area contributed by atoms with Crippen LogP contribution in [-0.2, 0) is 14.3 Å². The summed E-state index contributed by atoms with van der Waals surface area (Å²) in [6.07, 6.45) is 0.494. The number of esters is 1. The number of carbonyl (C=O) groups is 2. The Balaban J connectivity index is 3.72. The Morgan fingerprint density at radius 2 is 1.67 bits per heavy atom. The molecule has 0 rings (SSSR count). The van der Waals surface area contributed by atoms with Gasteiger partial charge in [-0.05, 0) is 5.41 Å². The van der Waals surface area contributed by atoms with Gasteiger partial charge in [-0.2, -0.15) is 0 Å². The molecule has 3 nitrogen and oxygen atoms in total. The van der Waals surface area contributed by atoms with E-state index >= 15 is 0 Å². The van der Waals surface area contributed by atoms with Gasteiger partial charge < -0.3 is 4.74 Å². The summed E-state index contributed by atoms with van der Waals surface area (Å²) in [5.41, 5.74) is -0.0162. The second-order valence-electron chi connectivity index (χ2n) is 5.34. The van der Waals surface area contributed by atoms with Crippen molar-refractivity contribution < 1.29 is 14.3 Å². The first-order chi connectivity index (χ1) is 6.72. The van der Waals surface area contributed by atoms with Crippen LogP contribution >= 0.6 is 0 Å². The van der Waals surface area contributed by atoms with Crippen LogP contribution in [0.4, 0.5) is 0 Å². The number of ether oxygens (including phenoxy) is 1. The van der Waals surface area contributed by atoms with Gasteiger partial charge in [-0.15, -0.1) is 0 Å². The maximum absolute atomic E-state index is 11.2. The van der Waals surface area contributed by atoms with Gasteiger partial charge in [0.15, 0.2) is 0 Å². The zero-order chi connectivity index (χ0) is 12.1. The molecule has 0 unspecified atom stereocenters. The van der Waals surface area contributed by atoms with E-state index in [1.807, 2.05) is 34.6 Å². The van der Waals surface area contributed by atoms with E-state index < -0.39 is 0 Å². The lowest BCUT2D eigenvalue weighted by Crippen LogP contribution is -2.19. The van der Waals surface area contributed by atoms with E-state index in [0.717, 1.165) is 0 Å². The molecule has 0 atom stereocenters.